The third-order valence-corrected chi connectivity index (χ3v) is 5.13. The van der Waals surface area contributed by atoms with Gasteiger partial charge in [-0.15, -0.1) is 0 Å². The number of rotatable bonds is 6. The Bertz CT molecular complexity index is 1510. The first-order valence-electron chi connectivity index (χ1n) is 10.4. The van der Waals surface area contributed by atoms with Crippen molar-refractivity contribution in [2.24, 2.45) is 0 Å². The van der Waals surface area contributed by atoms with Gasteiger partial charge in [-0.1, -0.05) is 60.7 Å². The Kier molecular flexibility index (Phi) is 6.61. The van der Waals surface area contributed by atoms with Crippen LogP contribution < -0.4 is 10.1 Å². The molecule has 0 aromatic heterocycles. The van der Waals surface area contributed by atoms with Crippen LogP contribution in [0.1, 0.15) is 15.9 Å². The largest absolute Gasteiger partial charge is 0.423 e. The van der Waals surface area contributed by atoms with Gasteiger partial charge in [0.15, 0.2) is 0 Å². The number of esters is 1. The van der Waals surface area contributed by atoms with E-state index >= 15 is 0 Å². The van der Waals surface area contributed by atoms with E-state index < -0.39 is 16.8 Å². The summed E-state index contributed by atoms with van der Waals surface area (Å²) in [6, 6.07) is 26.5. The lowest BCUT2D eigenvalue weighted by Crippen LogP contribution is -2.13. The second kappa shape index (κ2) is 10.1. The summed E-state index contributed by atoms with van der Waals surface area (Å²) < 4.78 is 5.24. The summed E-state index contributed by atoms with van der Waals surface area (Å²) in [5.41, 5.74) is 0.487. The van der Waals surface area contributed by atoms with E-state index in [2.05, 4.69) is 5.32 Å². The highest BCUT2D eigenvalue weighted by atomic mass is 16.6. The van der Waals surface area contributed by atoms with Crippen molar-refractivity contribution >= 4 is 40.1 Å². The molecule has 35 heavy (non-hydrogen) atoms. The molecule has 0 unspecified atom stereocenters. The van der Waals surface area contributed by atoms with Crippen LogP contribution in [0.15, 0.2) is 96.6 Å². The molecule has 0 saturated carbocycles. The summed E-state index contributed by atoms with van der Waals surface area (Å²) >= 11 is 0. The number of fused-ring (bicyclic) bond motifs is 1. The predicted octanol–water partition coefficient (Wildman–Crippen LogP) is 5.51. The van der Waals surface area contributed by atoms with Gasteiger partial charge in [0.1, 0.15) is 23.0 Å². The number of nitrogens with zero attached hydrogens (tertiary/aromatic N) is 2. The molecule has 0 spiro atoms. The van der Waals surface area contributed by atoms with Gasteiger partial charge < -0.3 is 10.1 Å². The zero-order valence-electron chi connectivity index (χ0n) is 18.2. The lowest BCUT2D eigenvalue weighted by atomic mass is 10.1. The standard InChI is InChI=1S/C27H17N3O5/c28-17-20(26(31)29-24-10-5-7-19-6-1-2-8-22(19)24)16-18-12-14-21(15-13-18)35-27(32)23-9-3-4-11-25(23)30(33)34/h1-16H,(H,29,31)/b20-16+. The van der Waals surface area contributed by atoms with Gasteiger partial charge in [0.2, 0.25) is 0 Å². The number of nitriles is 1. The summed E-state index contributed by atoms with van der Waals surface area (Å²) in [4.78, 5) is 35.6. The van der Waals surface area contributed by atoms with E-state index in [0.717, 1.165) is 10.8 Å². The van der Waals surface area contributed by atoms with Crippen molar-refractivity contribution in [3.8, 4) is 11.8 Å². The maximum atomic E-state index is 12.7. The fourth-order valence-corrected chi connectivity index (χ4v) is 3.44. The van der Waals surface area contributed by atoms with Crippen LogP contribution >= 0.6 is 0 Å². The first-order valence-corrected chi connectivity index (χ1v) is 10.4. The van der Waals surface area contributed by atoms with Crippen LogP contribution in [0.25, 0.3) is 16.8 Å². The van der Waals surface area contributed by atoms with E-state index in [1.807, 2.05) is 42.5 Å². The van der Waals surface area contributed by atoms with Gasteiger partial charge >= 0.3 is 5.97 Å². The molecule has 170 valence electrons. The molecule has 0 radical (unpaired) electrons. The molecule has 0 aliphatic heterocycles. The second-order valence-electron chi connectivity index (χ2n) is 7.38. The van der Waals surface area contributed by atoms with Crippen molar-refractivity contribution < 1.29 is 19.2 Å². The number of anilines is 1. The van der Waals surface area contributed by atoms with Gasteiger partial charge in [0.05, 0.1) is 4.92 Å². The predicted molar refractivity (Wildman–Crippen MR) is 131 cm³/mol. The number of carbonyl (C=O) groups is 2. The molecule has 0 bridgehead atoms. The maximum Gasteiger partial charge on any atom is 0.350 e. The van der Waals surface area contributed by atoms with Crippen molar-refractivity contribution in [3.05, 3.63) is 118 Å². The summed E-state index contributed by atoms with van der Waals surface area (Å²) in [7, 11) is 0. The van der Waals surface area contributed by atoms with Crippen molar-refractivity contribution in [2.75, 3.05) is 5.32 Å². The molecule has 0 aliphatic rings. The van der Waals surface area contributed by atoms with Gasteiger partial charge in [0.25, 0.3) is 11.6 Å². The number of nitro benzene ring substituents is 1. The number of ether oxygens (including phenoxy) is 1. The van der Waals surface area contributed by atoms with Crippen LogP contribution in [0.3, 0.4) is 0 Å². The zero-order chi connectivity index (χ0) is 24.8. The number of nitro groups is 1. The highest BCUT2D eigenvalue weighted by Crippen LogP contribution is 2.24. The molecule has 0 aliphatic carbocycles. The van der Waals surface area contributed by atoms with Crippen molar-refractivity contribution in [3.63, 3.8) is 0 Å². The number of carbonyl (C=O) groups excluding carboxylic acids is 2. The summed E-state index contributed by atoms with van der Waals surface area (Å²) in [5.74, 6) is -1.27. The third kappa shape index (κ3) is 5.21. The average Bonchev–Trinajstić information content (AvgIpc) is 2.88. The van der Waals surface area contributed by atoms with Crippen LogP contribution in [-0.2, 0) is 4.79 Å². The fraction of sp³-hybridized carbons (Fsp3) is 0. The van der Waals surface area contributed by atoms with Gasteiger partial charge in [0, 0.05) is 17.1 Å². The summed E-state index contributed by atoms with van der Waals surface area (Å²) in [6.07, 6.45) is 1.41. The van der Waals surface area contributed by atoms with Crippen LogP contribution in [0.2, 0.25) is 0 Å². The molecule has 8 heteroatoms. The van der Waals surface area contributed by atoms with Crippen LogP contribution in [0, 0.1) is 21.4 Å². The van der Waals surface area contributed by atoms with E-state index in [0.29, 0.717) is 11.3 Å². The fourth-order valence-electron chi connectivity index (χ4n) is 3.44. The minimum atomic E-state index is -0.868. The Balaban J connectivity index is 1.49. The second-order valence-corrected chi connectivity index (χ2v) is 7.38. The Labute approximate surface area is 199 Å². The van der Waals surface area contributed by atoms with Crippen LogP contribution in [0.4, 0.5) is 11.4 Å². The molecule has 1 amide bonds. The minimum Gasteiger partial charge on any atom is -0.423 e. The minimum absolute atomic E-state index is 0.109. The number of para-hydroxylation sites is 1. The smallest absolute Gasteiger partial charge is 0.350 e. The van der Waals surface area contributed by atoms with Crippen LogP contribution in [0.5, 0.6) is 5.75 Å². The quantitative estimate of drug-likeness (QED) is 0.100. The Morgan fingerprint density at radius 3 is 2.34 bits per heavy atom. The number of nitrogens with one attached hydrogen (secondary N) is 1. The van der Waals surface area contributed by atoms with Gasteiger partial charge in [-0.3, -0.25) is 14.9 Å². The molecular formula is C27H17N3O5. The number of hydrogen-bond donors (Lipinski definition) is 1. The molecule has 4 aromatic rings. The first kappa shape index (κ1) is 22.9. The van der Waals surface area contributed by atoms with E-state index in [1.165, 1.54) is 42.5 Å². The monoisotopic (exact) mass is 463 g/mol. The summed E-state index contributed by atoms with van der Waals surface area (Å²) in [5, 5.41) is 25.2. The topological polar surface area (TPSA) is 122 Å². The Morgan fingerprint density at radius 2 is 1.60 bits per heavy atom. The maximum absolute atomic E-state index is 12.7. The molecule has 8 nitrogen and oxygen atoms in total. The average molecular weight is 463 g/mol. The highest BCUT2D eigenvalue weighted by Gasteiger charge is 2.21. The van der Waals surface area contributed by atoms with E-state index in [1.54, 1.807) is 18.2 Å². The van der Waals surface area contributed by atoms with Gasteiger partial charge in [-0.05, 0) is 41.3 Å². The van der Waals surface area contributed by atoms with E-state index in [4.69, 9.17) is 4.74 Å². The Morgan fingerprint density at radius 1 is 0.914 bits per heavy atom. The molecule has 0 saturated heterocycles. The van der Waals surface area contributed by atoms with Crippen molar-refractivity contribution in [1.82, 2.24) is 0 Å². The number of amides is 1. The summed E-state index contributed by atoms with van der Waals surface area (Å²) in [6.45, 7) is 0. The molecule has 1 N–H and O–H groups in total. The first-order chi connectivity index (χ1) is 17.0. The molecule has 4 rings (SSSR count). The third-order valence-electron chi connectivity index (χ3n) is 5.13. The molecular weight excluding hydrogens is 446 g/mol. The highest BCUT2D eigenvalue weighted by molar-refractivity contribution is 6.12. The normalized spacial score (nSPS) is 10.9. The Hall–Kier alpha value is -5.29. The number of benzene rings is 4. The molecule has 4 aromatic carbocycles. The molecule has 0 fully saturated rings. The van der Waals surface area contributed by atoms with Crippen molar-refractivity contribution in [2.45, 2.75) is 0 Å². The van der Waals surface area contributed by atoms with E-state index in [-0.39, 0.29) is 22.6 Å². The lowest BCUT2D eigenvalue weighted by Gasteiger charge is -2.08. The number of hydrogen-bond acceptors (Lipinski definition) is 6. The van der Waals surface area contributed by atoms with Crippen molar-refractivity contribution in [1.29, 1.82) is 5.26 Å². The van der Waals surface area contributed by atoms with E-state index in [9.17, 15) is 25.0 Å². The molecule has 0 heterocycles. The van der Waals surface area contributed by atoms with Gasteiger partial charge in [-0.2, -0.15) is 5.26 Å². The lowest BCUT2D eigenvalue weighted by molar-refractivity contribution is -0.385. The SMILES string of the molecule is N#C/C(=C\c1ccc(OC(=O)c2ccccc2[N+](=O)[O-])cc1)C(=O)Nc1cccc2ccccc12. The van der Waals surface area contributed by atoms with Crippen LogP contribution in [-0.4, -0.2) is 16.8 Å². The zero-order valence-corrected chi connectivity index (χ0v) is 18.2. The molecule has 0 atom stereocenters. The van der Waals surface area contributed by atoms with Gasteiger partial charge in [-0.25, -0.2) is 4.79 Å².